The minimum absolute atomic E-state index is 0.246. The quantitative estimate of drug-likeness (QED) is 0.694. The van der Waals surface area contributed by atoms with Crippen LogP contribution in [0.25, 0.3) is 0 Å². The Morgan fingerprint density at radius 2 is 1.76 bits per heavy atom. The van der Waals surface area contributed by atoms with E-state index in [0.29, 0.717) is 17.6 Å². The number of rotatable bonds is 2. The van der Waals surface area contributed by atoms with Crippen molar-refractivity contribution in [3.8, 4) is 0 Å². The van der Waals surface area contributed by atoms with Crippen LogP contribution in [0.5, 0.6) is 0 Å². The van der Waals surface area contributed by atoms with Gasteiger partial charge in [0.25, 0.3) is 0 Å². The Hall–Kier alpha value is -1.11. The van der Waals surface area contributed by atoms with Gasteiger partial charge in [0, 0.05) is 11.5 Å². The van der Waals surface area contributed by atoms with Crippen molar-refractivity contribution in [1.29, 1.82) is 0 Å². The molecule has 0 N–H and O–H groups in total. The van der Waals surface area contributed by atoms with Crippen LogP contribution in [0.2, 0.25) is 0 Å². The molecule has 1 nitrogen and oxygen atoms in total. The van der Waals surface area contributed by atoms with Gasteiger partial charge in [0.15, 0.2) is 5.78 Å². The average molecular weight is 230 g/mol. The zero-order chi connectivity index (χ0) is 12.4. The molecule has 0 saturated heterocycles. The average Bonchev–Trinajstić information content (AvgIpc) is 2.26. The molecule has 0 aromatic heterocycles. The monoisotopic (exact) mass is 230 g/mol. The molecule has 2 unspecified atom stereocenters. The molecule has 0 spiro atoms. The van der Waals surface area contributed by atoms with Crippen LogP contribution >= 0.6 is 0 Å². The Labute approximate surface area is 104 Å². The van der Waals surface area contributed by atoms with Gasteiger partial charge in [-0.25, -0.2) is 0 Å². The number of carbonyl (C=O) groups is 1. The van der Waals surface area contributed by atoms with Crippen LogP contribution in [-0.4, -0.2) is 5.78 Å². The van der Waals surface area contributed by atoms with Gasteiger partial charge in [0.1, 0.15) is 0 Å². The summed E-state index contributed by atoms with van der Waals surface area (Å²) in [7, 11) is 0. The van der Waals surface area contributed by atoms with E-state index in [-0.39, 0.29) is 5.92 Å². The second kappa shape index (κ2) is 5.03. The summed E-state index contributed by atoms with van der Waals surface area (Å²) < 4.78 is 0. The molecular weight excluding hydrogens is 208 g/mol. The standard InChI is InChI=1S/C16H22O/c1-11-5-4-6-14(8-11)16(17)15-9-12(2)7-13(3)10-15/h4-6,8,12-13,15H,7,9-10H2,1-3H3. The Kier molecular flexibility index (Phi) is 3.66. The van der Waals surface area contributed by atoms with Crippen molar-refractivity contribution in [2.75, 3.05) is 0 Å². The van der Waals surface area contributed by atoms with Gasteiger partial charge in [0.05, 0.1) is 0 Å². The smallest absolute Gasteiger partial charge is 0.165 e. The fourth-order valence-corrected chi connectivity index (χ4v) is 3.20. The van der Waals surface area contributed by atoms with Crippen molar-refractivity contribution in [2.45, 2.75) is 40.0 Å². The lowest BCUT2D eigenvalue weighted by Gasteiger charge is -2.30. The Bertz CT molecular complexity index is 398. The van der Waals surface area contributed by atoms with E-state index in [1.54, 1.807) is 0 Å². The van der Waals surface area contributed by atoms with Crippen molar-refractivity contribution in [2.24, 2.45) is 17.8 Å². The first kappa shape index (κ1) is 12.3. The summed E-state index contributed by atoms with van der Waals surface area (Å²) in [6.07, 6.45) is 3.41. The molecule has 1 saturated carbocycles. The summed E-state index contributed by atoms with van der Waals surface area (Å²) in [6, 6.07) is 8.01. The maximum absolute atomic E-state index is 12.4. The third-order valence-electron chi connectivity index (χ3n) is 3.85. The van der Waals surface area contributed by atoms with Crippen LogP contribution in [0.4, 0.5) is 0 Å². The molecule has 1 aromatic rings. The fourth-order valence-electron chi connectivity index (χ4n) is 3.20. The highest BCUT2D eigenvalue weighted by molar-refractivity contribution is 5.98. The van der Waals surface area contributed by atoms with Crippen LogP contribution in [0.1, 0.15) is 49.0 Å². The molecule has 0 radical (unpaired) electrons. The zero-order valence-corrected chi connectivity index (χ0v) is 11.1. The molecule has 1 aliphatic carbocycles. The van der Waals surface area contributed by atoms with Gasteiger partial charge in [-0.3, -0.25) is 4.79 Å². The number of hydrogen-bond acceptors (Lipinski definition) is 1. The van der Waals surface area contributed by atoms with Gasteiger partial charge in [-0.15, -0.1) is 0 Å². The van der Waals surface area contributed by atoms with Crippen molar-refractivity contribution in [1.82, 2.24) is 0 Å². The molecule has 0 heterocycles. The molecule has 1 fully saturated rings. The van der Waals surface area contributed by atoms with E-state index in [9.17, 15) is 4.79 Å². The van der Waals surface area contributed by atoms with Crippen LogP contribution in [-0.2, 0) is 0 Å². The molecule has 17 heavy (non-hydrogen) atoms. The molecule has 0 bridgehead atoms. The Morgan fingerprint density at radius 1 is 1.12 bits per heavy atom. The van der Waals surface area contributed by atoms with E-state index in [0.717, 1.165) is 18.4 Å². The highest BCUT2D eigenvalue weighted by Crippen LogP contribution is 2.34. The summed E-state index contributed by atoms with van der Waals surface area (Å²) >= 11 is 0. The number of Topliss-reactive ketones (excluding diaryl/α,β-unsaturated/α-hetero) is 1. The number of ketones is 1. The first-order valence-electron chi connectivity index (χ1n) is 6.67. The number of carbonyl (C=O) groups excluding carboxylic acids is 1. The first-order chi connectivity index (χ1) is 8.06. The predicted molar refractivity (Wildman–Crippen MR) is 71.2 cm³/mol. The lowest BCUT2D eigenvalue weighted by Crippen LogP contribution is -2.26. The van der Waals surface area contributed by atoms with Crippen molar-refractivity contribution in [3.05, 3.63) is 35.4 Å². The molecule has 2 rings (SSSR count). The fraction of sp³-hybridized carbons (Fsp3) is 0.562. The molecule has 92 valence electrons. The van der Waals surface area contributed by atoms with Gasteiger partial charge in [-0.1, -0.05) is 37.6 Å². The second-order valence-electron chi connectivity index (χ2n) is 5.85. The SMILES string of the molecule is Cc1cccc(C(=O)C2CC(C)CC(C)C2)c1. The van der Waals surface area contributed by atoms with E-state index >= 15 is 0 Å². The molecule has 1 heteroatoms. The summed E-state index contributed by atoms with van der Waals surface area (Å²) in [4.78, 5) is 12.4. The number of benzene rings is 1. The number of aryl methyl sites for hydroxylation is 1. The topological polar surface area (TPSA) is 17.1 Å². The lowest BCUT2D eigenvalue weighted by molar-refractivity contribution is 0.0836. The Balaban J connectivity index is 2.14. The molecule has 2 atom stereocenters. The van der Waals surface area contributed by atoms with Crippen molar-refractivity contribution in [3.63, 3.8) is 0 Å². The van der Waals surface area contributed by atoms with E-state index in [4.69, 9.17) is 0 Å². The summed E-state index contributed by atoms with van der Waals surface area (Å²) in [5, 5.41) is 0. The molecule has 0 amide bonds. The highest BCUT2D eigenvalue weighted by atomic mass is 16.1. The molecule has 1 aromatic carbocycles. The van der Waals surface area contributed by atoms with E-state index in [1.165, 1.54) is 12.0 Å². The molecule has 1 aliphatic rings. The van der Waals surface area contributed by atoms with Gasteiger partial charge < -0.3 is 0 Å². The van der Waals surface area contributed by atoms with E-state index in [2.05, 4.69) is 13.8 Å². The van der Waals surface area contributed by atoms with Crippen LogP contribution in [0, 0.1) is 24.7 Å². The normalized spacial score (nSPS) is 29.0. The molecule has 0 aliphatic heterocycles. The van der Waals surface area contributed by atoms with Gasteiger partial charge in [0.2, 0.25) is 0 Å². The lowest BCUT2D eigenvalue weighted by atomic mass is 9.74. The maximum atomic E-state index is 12.4. The summed E-state index contributed by atoms with van der Waals surface area (Å²) in [5.74, 6) is 1.98. The minimum Gasteiger partial charge on any atom is -0.294 e. The third-order valence-corrected chi connectivity index (χ3v) is 3.85. The van der Waals surface area contributed by atoms with Gasteiger partial charge in [-0.05, 0) is 44.1 Å². The van der Waals surface area contributed by atoms with Crippen molar-refractivity contribution < 1.29 is 4.79 Å². The summed E-state index contributed by atoms with van der Waals surface area (Å²) in [6.45, 7) is 6.58. The minimum atomic E-state index is 0.246. The van der Waals surface area contributed by atoms with E-state index < -0.39 is 0 Å². The van der Waals surface area contributed by atoms with Gasteiger partial charge in [-0.2, -0.15) is 0 Å². The summed E-state index contributed by atoms with van der Waals surface area (Å²) in [5.41, 5.74) is 2.07. The first-order valence-corrected chi connectivity index (χ1v) is 6.67. The van der Waals surface area contributed by atoms with Gasteiger partial charge >= 0.3 is 0 Å². The maximum Gasteiger partial charge on any atom is 0.165 e. The predicted octanol–water partition coefficient (Wildman–Crippen LogP) is 4.25. The highest BCUT2D eigenvalue weighted by Gasteiger charge is 2.29. The van der Waals surface area contributed by atoms with Crippen LogP contribution in [0.15, 0.2) is 24.3 Å². The third kappa shape index (κ3) is 2.96. The number of hydrogen-bond donors (Lipinski definition) is 0. The zero-order valence-electron chi connectivity index (χ0n) is 11.1. The van der Waals surface area contributed by atoms with Crippen molar-refractivity contribution >= 4 is 5.78 Å². The van der Waals surface area contributed by atoms with E-state index in [1.807, 2.05) is 31.2 Å². The second-order valence-corrected chi connectivity index (χ2v) is 5.85. The molecular formula is C16H22O. The van der Waals surface area contributed by atoms with Crippen LogP contribution in [0.3, 0.4) is 0 Å². The van der Waals surface area contributed by atoms with Crippen LogP contribution < -0.4 is 0 Å². The Morgan fingerprint density at radius 3 is 2.35 bits per heavy atom. The largest absolute Gasteiger partial charge is 0.294 e.